The minimum Gasteiger partial charge on any atom is -0.398 e. The SMILES string of the molecule is CC(=C(/N)c1ccccc1)/C(C)=C(C)/C=C/c1ccccc1. The predicted octanol–water partition coefficient (Wildman–Crippen LogP) is 5.43. The molecule has 0 amide bonds. The third kappa shape index (κ3) is 3.98. The Hall–Kier alpha value is -2.54. The quantitative estimate of drug-likeness (QED) is 0.747. The summed E-state index contributed by atoms with van der Waals surface area (Å²) < 4.78 is 0. The molecule has 0 saturated carbocycles. The van der Waals surface area contributed by atoms with Crippen LogP contribution in [0.25, 0.3) is 11.8 Å². The lowest BCUT2D eigenvalue weighted by atomic mass is 9.98. The lowest BCUT2D eigenvalue weighted by Crippen LogP contribution is -2.01. The zero-order valence-corrected chi connectivity index (χ0v) is 13.5. The second-order valence-electron chi connectivity index (χ2n) is 5.46. The third-order valence-corrected chi connectivity index (χ3v) is 3.97. The van der Waals surface area contributed by atoms with Crippen LogP contribution in [0.5, 0.6) is 0 Å². The standard InChI is InChI=1S/C21H23N/c1-16(14-15-19-10-6-4-7-11-19)17(2)18(3)21(22)20-12-8-5-9-13-20/h4-15H,22H2,1-3H3/b15-14+,17-16+,21-18-. The first-order valence-electron chi connectivity index (χ1n) is 7.52. The molecule has 0 atom stereocenters. The maximum atomic E-state index is 6.31. The van der Waals surface area contributed by atoms with Crippen LogP contribution in [-0.2, 0) is 0 Å². The molecule has 1 nitrogen and oxygen atoms in total. The molecule has 0 aliphatic rings. The molecule has 0 aliphatic carbocycles. The topological polar surface area (TPSA) is 26.0 Å². The zero-order chi connectivity index (χ0) is 15.9. The van der Waals surface area contributed by atoms with Gasteiger partial charge < -0.3 is 5.73 Å². The molecule has 0 heterocycles. The number of benzene rings is 2. The number of hydrogen-bond acceptors (Lipinski definition) is 1. The maximum Gasteiger partial charge on any atom is 0.0420 e. The second kappa shape index (κ2) is 7.46. The van der Waals surface area contributed by atoms with Crippen molar-refractivity contribution in [2.45, 2.75) is 20.8 Å². The Morgan fingerprint density at radius 1 is 0.773 bits per heavy atom. The first-order chi connectivity index (χ1) is 10.6. The first kappa shape index (κ1) is 15.8. The molecule has 2 aromatic rings. The molecular formula is C21H23N. The van der Waals surface area contributed by atoms with Crippen LogP contribution in [0.4, 0.5) is 0 Å². The van der Waals surface area contributed by atoms with E-state index in [1.165, 1.54) is 16.7 Å². The molecule has 0 unspecified atom stereocenters. The Morgan fingerprint density at radius 2 is 1.32 bits per heavy atom. The maximum absolute atomic E-state index is 6.31. The van der Waals surface area contributed by atoms with Crippen LogP contribution in [0.1, 0.15) is 31.9 Å². The molecular weight excluding hydrogens is 266 g/mol. The van der Waals surface area contributed by atoms with Gasteiger partial charge in [0.2, 0.25) is 0 Å². The van der Waals surface area contributed by atoms with Crippen molar-refractivity contribution in [3.63, 3.8) is 0 Å². The largest absolute Gasteiger partial charge is 0.398 e. The van der Waals surface area contributed by atoms with Gasteiger partial charge in [-0.05, 0) is 48.6 Å². The fraction of sp³-hybridized carbons (Fsp3) is 0.143. The Kier molecular flexibility index (Phi) is 5.37. The molecule has 0 bridgehead atoms. The van der Waals surface area contributed by atoms with E-state index in [4.69, 9.17) is 5.73 Å². The smallest absolute Gasteiger partial charge is 0.0420 e. The van der Waals surface area contributed by atoms with Crippen LogP contribution in [0.2, 0.25) is 0 Å². The van der Waals surface area contributed by atoms with Crippen molar-refractivity contribution < 1.29 is 0 Å². The van der Waals surface area contributed by atoms with E-state index in [1.54, 1.807) is 0 Å². The van der Waals surface area contributed by atoms with Crippen molar-refractivity contribution in [3.05, 3.63) is 94.6 Å². The summed E-state index contributed by atoms with van der Waals surface area (Å²) >= 11 is 0. The fourth-order valence-electron chi connectivity index (χ4n) is 2.24. The van der Waals surface area contributed by atoms with Crippen LogP contribution >= 0.6 is 0 Å². The summed E-state index contributed by atoms with van der Waals surface area (Å²) in [5.74, 6) is 0. The predicted molar refractivity (Wildman–Crippen MR) is 97.1 cm³/mol. The molecule has 0 aromatic heterocycles. The summed E-state index contributed by atoms with van der Waals surface area (Å²) in [5, 5.41) is 0. The van der Waals surface area contributed by atoms with Crippen molar-refractivity contribution in [1.82, 2.24) is 0 Å². The van der Waals surface area contributed by atoms with Gasteiger partial charge in [0.15, 0.2) is 0 Å². The highest BCUT2D eigenvalue weighted by Gasteiger charge is 2.04. The first-order valence-corrected chi connectivity index (χ1v) is 7.52. The van der Waals surface area contributed by atoms with Gasteiger partial charge in [-0.15, -0.1) is 0 Å². The van der Waals surface area contributed by atoms with Gasteiger partial charge in [0, 0.05) is 5.70 Å². The number of rotatable bonds is 4. The van der Waals surface area contributed by atoms with E-state index in [2.05, 4.69) is 45.1 Å². The van der Waals surface area contributed by atoms with Gasteiger partial charge in [-0.1, -0.05) is 72.8 Å². The van der Waals surface area contributed by atoms with Gasteiger partial charge in [0.05, 0.1) is 0 Å². The van der Waals surface area contributed by atoms with E-state index >= 15 is 0 Å². The summed E-state index contributed by atoms with van der Waals surface area (Å²) in [5.41, 5.74) is 13.0. The molecule has 2 rings (SSSR count). The molecule has 112 valence electrons. The zero-order valence-electron chi connectivity index (χ0n) is 13.5. The minimum absolute atomic E-state index is 0.838. The van der Waals surface area contributed by atoms with Crippen LogP contribution in [-0.4, -0.2) is 0 Å². The van der Waals surface area contributed by atoms with Gasteiger partial charge in [0.1, 0.15) is 0 Å². The van der Waals surface area contributed by atoms with Crippen LogP contribution in [0.15, 0.2) is 83.5 Å². The molecule has 2 aromatic carbocycles. The van der Waals surface area contributed by atoms with E-state index < -0.39 is 0 Å². The van der Waals surface area contributed by atoms with Gasteiger partial charge in [0.25, 0.3) is 0 Å². The fourth-order valence-corrected chi connectivity index (χ4v) is 2.24. The highest BCUT2D eigenvalue weighted by atomic mass is 14.6. The molecule has 0 radical (unpaired) electrons. The lowest BCUT2D eigenvalue weighted by molar-refractivity contribution is 1.26. The molecule has 1 heteroatoms. The van der Waals surface area contributed by atoms with Crippen LogP contribution in [0, 0.1) is 0 Å². The van der Waals surface area contributed by atoms with Crippen LogP contribution < -0.4 is 5.73 Å². The van der Waals surface area contributed by atoms with E-state index in [0.717, 1.165) is 16.8 Å². The molecule has 0 spiro atoms. The Morgan fingerprint density at radius 3 is 1.91 bits per heavy atom. The van der Waals surface area contributed by atoms with E-state index in [-0.39, 0.29) is 0 Å². The van der Waals surface area contributed by atoms with Crippen molar-refractivity contribution >= 4 is 11.8 Å². The summed E-state index contributed by atoms with van der Waals surface area (Å²) in [6.07, 6.45) is 4.28. The lowest BCUT2D eigenvalue weighted by Gasteiger charge is -2.10. The van der Waals surface area contributed by atoms with Crippen molar-refractivity contribution in [3.8, 4) is 0 Å². The van der Waals surface area contributed by atoms with E-state index in [9.17, 15) is 0 Å². The van der Waals surface area contributed by atoms with E-state index in [1.807, 2.05) is 48.5 Å². The average molecular weight is 289 g/mol. The molecule has 0 aliphatic heterocycles. The Labute approximate surface area is 133 Å². The van der Waals surface area contributed by atoms with Gasteiger partial charge in [-0.25, -0.2) is 0 Å². The summed E-state index contributed by atoms with van der Waals surface area (Å²) in [6.45, 7) is 6.32. The summed E-state index contributed by atoms with van der Waals surface area (Å²) in [7, 11) is 0. The average Bonchev–Trinajstić information content (AvgIpc) is 2.59. The Balaban J connectivity index is 2.28. The molecule has 0 fully saturated rings. The minimum atomic E-state index is 0.838. The number of hydrogen-bond donors (Lipinski definition) is 1. The molecule has 22 heavy (non-hydrogen) atoms. The summed E-state index contributed by atoms with van der Waals surface area (Å²) in [6, 6.07) is 20.4. The number of nitrogens with two attached hydrogens (primary N) is 1. The van der Waals surface area contributed by atoms with Crippen LogP contribution in [0.3, 0.4) is 0 Å². The van der Waals surface area contributed by atoms with Crippen molar-refractivity contribution in [1.29, 1.82) is 0 Å². The van der Waals surface area contributed by atoms with Gasteiger partial charge in [-0.2, -0.15) is 0 Å². The molecule has 2 N–H and O–H groups in total. The monoisotopic (exact) mass is 289 g/mol. The summed E-state index contributed by atoms with van der Waals surface area (Å²) in [4.78, 5) is 0. The highest BCUT2D eigenvalue weighted by molar-refractivity contribution is 5.70. The second-order valence-corrected chi connectivity index (χ2v) is 5.46. The Bertz CT molecular complexity index is 704. The van der Waals surface area contributed by atoms with E-state index in [0.29, 0.717) is 0 Å². The normalized spacial score (nSPS) is 13.8. The van der Waals surface area contributed by atoms with Crippen molar-refractivity contribution in [2.75, 3.05) is 0 Å². The number of allylic oxidation sites excluding steroid dienone is 4. The van der Waals surface area contributed by atoms with Crippen molar-refractivity contribution in [2.24, 2.45) is 5.73 Å². The highest BCUT2D eigenvalue weighted by Crippen LogP contribution is 2.22. The molecule has 0 saturated heterocycles. The third-order valence-electron chi connectivity index (χ3n) is 3.97. The van der Waals surface area contributed by atoms with Gasteiger partial charge in [-0.3, -0.25) is 0 Å². The van der Waals surface area contributed by atoms with Gasteiger partial charge >= 0.3 is 0 Å².